The van der Waals surface area contributed by atoms with E-state index in [0.29, 0.717) is 6.54 Å². The Bertz CT molecular complexity index is 436. The number of nitrogens with two attached hydrogens (primary N) is 1. The SMILES string of the molecule is NCC1(C(=O)Cc2cc(F)ccc2F)CCC1. The molecule has 1 aromatic carbocycles. The number of rotatable bonds is 4. The molecule has 0 heterocycles. The quantitative estimate of drug-likeness (QED) is 0.875. The van der Waals surface area contributed by atoms with Gasteiger partial charge in [-0.25, -0.2) is 8.78 Å². The lowest BCUT2D eigenvalue weighted by molar-refractivity contribution is -0.132. The summed E-state index contributed by atoms with van der Waals surface area (Å²) in [5.41, 5.74) is 5.24. The van der Waals surface area contributed by atoms with Crippen LogP contribution in [0.15, 0.2) is 18.2 Å². The Kier molecular flexibility index (Phi) is 3.24. The van der Waals surface area contributed by atoms with E-state index in [-0.39, 0.29) is 17.8 Å². The minimum atomic E-state index is -0.536. The first-order valence-corrected chi connectivity index (χ1v) is 5.75. The third-order valence-corrected chi connectivity index (χ3v) is 3.65. The van der Waals surface area contributed by atoms with Gasteiger partial charge in [-0.3, -0.25) is 4.79 Å². The Balaban J connectivity index is 2.15. The average Bonchev–Trinajstić information content (AvgIpc) is 2.23. The first-order valence-electron chi connectivity index (χ1n) is 5.75. The van der Waals surface area contributed by atoms with Gasteiger partial charge in [-0.1, -0.05) is 6.42 Å². The number of benzene rings is 1. The van der Waals surface area contributed by atoms with Gasteiger partial charge < -0.3 is 5.73 Å². The number of halogens is 2. The van der Waals surface area contributed by atoms with Crippen LogP contribution in [0.5, 0.6) is 0 Å². The molecule has 17 heavy (non-hydrogen) atoms. The summed E-state index contributed by atoms with van der Waals surface area (Å²) in [7, 11) is 0. The molecule has 0 amide bonds. The van der Waals surface area contributed by atoms with Crippen LogP contribution in [0, 0.1) is 17.0 Å². The Morgan fingerprint density at radius 2 is 2.06 bits per heavy atom. The fourth-order valence-electron chi connectivity index (χ4n) is 2.24. The molecule has 0 atom stereocenters. The zero-order valence-electron chi connectivity index (χ0n) is 9.51. The third-order valence-electron chi connectivity index (χ3n) is 3.65. The number of hydrogen-bond donors (Lipinski definition) is 1. The topological polar surface area (TPSA) is 43.1 Å². The molecule has 0 saturated heterocycles. The highest BCUT2D eigenvalue weighted by Crippen LogP contribution is 2.41. The van der Waals surface area contributed by atoms with Gasteiger partial charge in [0.2, 0.25) is 0 Å². The number of hydrogen-bond acceptors (Lipinski definition) is 2. The van der Waals surface area contributed by atoms with Crippen molar-refractivity contribution in [2.45, 2.75) is 25.7 Å². The number of ketones is 1. The molecule has 0 aromatic heterocycles. The normalized spacial score (nSPS) is 17.6. The van der Waals surface area contributed by atoms with Crippen molar-refractivity contribution in [1.29, 1.82) is 0 Å². The molecular formula is C13H15F2NO. The van der Waals surface area contributed by atoms with Crippen molar-refractivity contribution in [2.75, 3.05) is 6.54 Å². The molecule has 1 fully saturated rings. The van der Waals surface area contributed by atoms with E-state index in [9.17, 15) is 13.6 Å². The summed E-state index contributed by atoms with van der Waals surface area (Å²) in [6, 6.07) is 3.18. The molecule has 2 nitrogen and oxygen atoms in total. The molecule has 92 valence electrons. The Morgan fingerprint density at radius 3 is 2.59 bits per heavy atom. The van der Waals surface area contributed by atoms with Crippen LogP contribution in [0.3, 0.4) is 0 Å². The summed E-state index contributed by atoms with van der Waals surface area (Å²) < 4.78 is 26.4. The van der Waals surface area contributed by atoms with Crippen molar-refractivity contribution in [3.8, 4) is 0 Å². The molecule has 4 heteroatoms. The lowest BCUT2D eigenvalue weighted by Crippen LogP contribution is -2.45. The molecule has 2 N–H and O–H groups in total. The van der Waals surface area contributed by atoms with E-state index in [4.69, 9.17) is 5.73 Å². The molecule has 0 aliphatic heterocycles. The van der Waals surface area contributed by atoms with Gasteiger partial charge in [0.1, 0.15) is 17.4 Å². The summed E-state index contributed by atoms with van der Waals surface area (Å²) in [6.45, 7) is 0.294. The number of carbonyl (C=O) groups is 1. The smallest absolute Gasteiger partial charge is 0.144 e. The molecular weight excluding hydrogens is 224 g/mol. The van der Waals surface area contributed by atoms with Crippen molar-refractivity contribution >= 4 is 5.78 Å². The second kappa shape index (κ2) is 4.53. The first kappa shape index (κ1) is 12.2. The van der Waals surface area contributed by atoms with E-state index in [0.717, 1.165) is 37.5 Å². The fourth-order valence-corrected chi connectivity index (χ4v) is 2.24. The number of carbonyl (C=O) groups excluding carboxylic acids is 1. The van der Waals surface area contributed by atoms with E-state index >= 15 is 0 Å². The van der Waals surface area contributed by atoms with Crippen LogP contribution in [0.1, 0.15) is 24.8 Å². The van der Waals surface area contributed by atoms with Gasteiger partial charge in [0.25, 0.3) is 0 Å². The molecule has 1 saturated carbocycles. The Labute approximate surface area is 98.8 Å². The highest BCUT2D eigenvalue weighted by atomic mass is 19.1. The predicted molar refractivity (Wildman–Crippen MR) is 60.4 cm³/mol. The van der Waals surface area contributed by atoms with Gasteiger partial charge in [0, 0.05) is 18.4 Å². The summed E-state index contributed by atoms with van der Waals surface area (Å²) in [6.07, 6.45) is 2.44. The van der Waals surface area contributed by atoms with Crippen molar-refractivity contribution in [3.05, 3.63) is 35.4 Å². The van der Waals surface area contributed by atoms with Gasteiger partial charge in [-0.15, -0.1) is 0 Å². The predicted octanol–water partition coefficient (Wildman–Crippen LogP) is 2.21. The Hall–Kier alpha value is -1.29. The van der Waals surface area contributed by atoms with Gasteiger partial charge in [-0.05, 0) is 36.6 Å². The van der Waals surface area contributed by atoms with Crippen LogP contribution in [-0.4, -0.2) is 12.3 Å². The second-order valence-corrected chi connectivity index (χ2v) is 4.67. The maximum atomic E-state index is 13.4. The van der Waals surface area contributed by atoms with E-state index < -0.39 is 17.0 Å². The van der Waals surface area contributed by atoms with Crippen molar-refractivity contribution < 1.29 is 13.6 Å². The van der Waals surface area contributed by atoms with E-state index in [1.165, 1.54) is 0 Å². The molecule has 0 unspecified atom stereocenters. The second-order valence-electron chi connectivity index (χ2n) is 4.67. The minimum Gasteiger partial charge on any atom is -0.329 e. The first-order chi connectivity index (χ1) is 8.07. The molecule has 0 radical (unpaired) electrons. The average molecular weight is 239 g/mol. The standard InChI is InChI=1S/C13H15F2NO/c14-10-2-3-11(15)9(6-10)7-12(17)13(8-16)4-1-5-13/h2-3,6H,1,4-5,7-8,16H2. The van der Waals surface area contributed by atoms with E-state index in [1.807, 2.05) is 0 Å². The lowest BCUT2D eigenvalue weighted by atomic mass is 9.65. The van der Waals surface area contributed by atoms with Crippen molar-refractivity contribution in [2.24, 2.45) is 11.1 Å². The van der Waals surface area contributed by atoms with Crippen molar-refractivity contribution in [1.82, 2.24) is 0 Å². The molecule has 1 aliphatic carbocycles. The van der Waals surface area contributed by atoms with Crippen LogP contribution >= 0.6 is 0 Å². The molecule has 1 aromatic rings. The summed E-state index contributed by atoms with van der Waals surface area (Å²) in [4.78, 5) is 12.0. The number of Topliss-reactive ketones (excluding diaryl/α,β-unsaturated/α-hetero) is 1. The lowest BCUT2D eigenvalue weighted by Gasteiger charge is -2.39. The summed E-state index contributed by atoms with van der Waals surface area (Å²) in [5.74, 6) is -1.13. The summed E-state index contributed by atoms with van der Waals surface area (Å²) >= 11 is 0. The van der Waals surface area contributed by atoms with Crippen LogP contribution in [0.4, 0.5) is 8.78 Å². The fraction of sp³-hybridized carbons (Fsp3) is 0.462. The van der Waals surface area contributed by atoms with Crippen LogP contribution < -0.4 is 5.73 Å². The monoisotopic (exact) mass is 239 g/mol. The van der Waals surface area contributed by atoms with Gasteiger partial charge in [0.05, 0.1) is 0 Å². The van der Waals surface area contributed by atoms with Crippen molar-refractivity contribution in [3.63, 3.8) is 0 Å². The molecule has 0 bridgehead atoms. The maximum Gasteiger partial charge on any atom is 0.144 e. The summed E-state index contributed by atoms with van der Waals surface area (Å²) in [5, 5.41) is 0. The molecule has 2 rings (SSSR count). The maximum absolute atomic E-state index is 13.4. The van der Waals surface area contributed by atoms with Crippen LogP contribution in [0.2, 0.25) is 0 Å². The minimum absolute atomic E-state index is 0.0687. The Morgan fingerprint density at radius 1 is 1.35 bits per heavy atom. The molecule has 1 aliphatic rings. The molecule has 0 spiro atoms. The van der Waals surface area contributed by atoms with Crippen LogP contribution in [0.25, 0.3) is 0 Å². The highest BCUT2D eigenvalue weighted by molar-refractivity contribution is 5.87. The van der Waals surface area contributed by atoms with Crippen LogP contribution in [-0.2, 0) is 11.2 Å². The van der Waals surface area contributed by atoms with Gasteiger partial charge in [0.15, 0.2) is 0 Å². The zero-order chi connectivity index (χ0) is 12.5. The van der Waals surface area contributed by atoms with E-state index in [1.54, 1.807) is 0 Å². The van der Waals surface area contributed by atoms with E-state index in [2.05, 4.69) is 0 Å². The van der Waals surface area contributed by atoms with Gasteiger partial charge in [-0.2, -0.15) is 0 Å². The van der Waals surface area contributed by atoms with Gasteiger partial charge >= 0.3 is 0 Å². The third kappa shape index (κ3) is 2.22. The zero-order valence-corrected chi connectivity index (χ0v) is 9.51. The largest absolute Gasteiger partial charge is 0.329 e. The highest BCUT2D eigenvalue weighted by Gasteiger charge is 2.42.